The first-order valence-electron chi connectivity index (χ1n) is 35.8. The van der Waals surface area contributed by atoms with E-state index in [2.05, 4.69) is 50.4 Å². The van der Waals surface area contributed by atoms with Gasteiger partial charge < -0.3 is 45.1 Å². The number of hydrogen-bond acceptors (Lipinski definition) is 10. The SMILES string of the molecule is CCCCC/C=C\C/C=C\CCCCCCCCCCCC(=O)OC1C(OCC(NC(=O)C(O)CCCCCCCCCCCCCCCCCCCCCCCCCC)C(O)/C=C/CCCCCCCCCCC)OC(CO)C(O)C1O. The third-order valence-corrected chi connectivity index (χ3v) is 17.0. The minimum atomic E-state index is -1.61. The van der Waals surface area contributed by atoms with Crippen LogP contribution in [0.15, 0.2) is 36.5 Å². The van der Waals surface area contributed by atoms with Crippen LogP contribution >= 0.6 is 0 Å². The zero-order valence-electron chi connectivity index (χ0n) is 54.3. The van der Waals surface area contributed by atoms with E-state index in [1.807, 2.05) is 6.08 Å². The van der Waals surface area contributed by atoms with Gasteiger partial charge in [0.05, 0.1) is 25.4 Å². The average molecular weight is 1170 g/mol. The van der Waals surface area contributed by atoms with Crippen molar-refractivity contribution in [3.63, 3.8) is 0 Å². The lowest BCUT2D eigenvalue weighted by Gasteiger charge is -2.41. The van der Waals surface area contributed by atoms with Gasteiger partial charge in [0.2, 0.25) is 5.91 Å². The van der Waals surface area contributed by atoms with Crippen molar-refractivity contribution in [3.05, 3.63) is 36.5 Å². The Bertz CT molecular complexity index is 1490. The molecular formula is C72H135NO10. The number of carbonyl (C=O) groups excluding carboxylic acids is 2. The molecule has 0 aliphatic carbocycles. The van der Waals surface area contributed by atoms with Crippen LogP contribution in [-0.2, 0) is 23.8 Å². The molecule has 6 N–H and O–H groups in total. The standard InChI is InChI=1S/C72H135NO10/c1-4-7-10-13-16-19-22-24-26-28-30-31-32-33-34-36-37-39-41-44-47-50-53-56-59-65(76)71(80)73-63(64(75)58-55-52-49-46-43-21-18-15-12-9-6-3)62-81-72-70(69(79)68(78)66(61-74)82-72)83-67(77)60-57-54-51-48-45-42-40-38-35-29-27-25-23-20-17-14-11-8-5-2/h17,20,25,27,55,58,63-66,68-70,72,74-76,78-79H,4-16,18-19,21-24,26,28-54,56-57,59-62H2,1-3H3,(H,73,80)/b20-17-,27-25-,58-55+. The van der Waals surface area contributed by atoms with Crippen LogP contribution in [0.4, 0.5) is 0 Å². The molecule has 11 heteroatoms. The Morgan fingerprint density at radius 2 is 0.831 bits per heavy atom. The molecule has 0 bridgehead atoms. The number of unbranched alkanes of at least 4 members (excludes halogenated alkanes) is 44. The van der Waals surface area contributed by atoms with Gasteiger partial charge in [-0.1, -0.05) is 320 Å². The Hall–Kier alpha value is -2.12. The number of nitrogens with one attached hydrogen (secondary N) is 1. The second kappa shape index (κ2) is 60.2. The summed E-state index contributed by atoms with van der Waals surface area (Å²) in [6.45, 7) is 5.81. The quantitative estimate of drug-likeness (QED) is 0.0195. The van der Waals surface area contributed by atoms with Crippen molar-refractivity contribution in [2.75, 3.05) is 13.2 Å². The normalized spacial score (nSPS) is 18.7. The van der Waals surface area contributed by atoms with Gasteiger partial charge in [-0.05, 0) is 57.8 Å². The van der Waals surface area contributed by atoms with Gasteiger partial charge >= 0.3 is 5.97 Å². The smallest absolute Gasteiger partial charge is 0.306 e. The van der Waals surface area contributed by atoms with Crippen LogP contribution in [0, 0.1) is 0 Å². The highest BCUT2D eigenvalue weighted by Crippen LogP contribution is 2.26. The topological polar surface area (TPSA) is 175 Å². The van der Waals surface area contributed by atoms with E-state index in [9.17, 15) is 35.1 Å². The molecule has 0 saturated carbocycles. The molecule has 0 aromatic carbocycles. The fraction of sp³-hybridized carbons (Fsp3) is 0.889. The zero-order chi connectivity index (χ0) is 60.3. The van der Waals surface area contributed by atoms with E-state index in [0.717, 1.165) is 70.6 Å². The van der Waals surface area contributed by atoms with E-state index in [0.29, 0.717) is 19.3 Å². The molecule has 1 amide bonds. The Morgan fingerprint density at radius 1 is 0.470 bits per heavy atom. The van der Waals surface area contributed by atoms with Crippen molar-refractivity contribution < 1.29 is 49.3 Å². The van der Waals surface area contributed by atoms with Gasteiger partial charge in [-0.25, -0.2) is 0 Å². The van der Waals surface area contributed by atoms with Gasteiger partial charge in [0.15, 0.2) is 12.4 Å². The number of carbonyl (C=O) groups is 2. The number of hydrogen-bond donors (Lipinski definition) is 6. The largest absolute Gasteiger partial charge is 0.454 e. The van der Waals surface area contributed by atoms with Crippen LogP contribution in [0.5, 0.6) is 0 Å². The Kier molecular flexibility index (Phi) is 57.2. The Balaban J connectivity index is 2.54. The van der Waals surface area contributed by atoms with Gasteiger partial charge in [-0.3, -0.25) is 9.59 Å². The van der Waals surface area contributed by atoms with Crippen molar-refractivity contribution in [1.29, 1.82) is 0 Å². The number of amides is 1. The number of aliphatic hydroxyl groups excluding tert-OH is 5. The number of ether oxygens (including phenoxy) is 3. The Morgan fingerprint density at radius 3 is 1.25 bits per heavy atom. The fourth-order valence-corrected chi connectivity index (χ4v) is 11.4. The van der Waals surface area contributed by atoms with Crippen LogP contribution in [0.2, 0.25) is 0 Å². The number of esters is 1. The summed E-state index contributed by atoms with van der Waals surface area (Å²) >= 11 is 0. The van der Waals surface area contributed by atoms with E-state index < -0.39 is 67.4 Å². The molecule has 0 aromatic heterocycles. The summed E-state index contributed by atoms with van der Waals surface area (Å²) in [6, 6.07) is -1.02. The first kappa shape index (κ1) is 78.9. The van der Waals surface area contributed by atoms with E-state index >= 15 is 0 Å². The number of rotatable bonds is 62. The van der Waals surface area contributed by atoms with Crippen LogP contribution in [0.1, 0.15) is 348 Å². The van der Waals surface area contributed by atoms with Gasteiger partial charge in [-0.15, -0.1) is 0 Å². The van der Waals surface area contributed by atoms with Crippen LogP contribution in [0.25, 0.3) is 0 Å². The summed E-state index contributed by atoms with van der Waals surface area (Å²) in [6.07, 6.45) is 63.4. The van der Waals surface area contributed by atoms with Crippen molar-refractivity contribution >= 4 is 11.9 Å². The molecule has 0 aromatic rings. The minimum absolute atomic E-state index is 0.121. The molecule has 1 aliphatic rings. The highest BCUT2D eigenvalue weighted by Gasteiger charge is 2.47. The van der Waals surface area contributed by atoms with Crippen molar-refractivity contribution in [1.82, 2.24) is 5.32 Å². The molecule has 1 heterocycles. The summed E-state index contributed by atoms with van der Waals surface area (Å²) in [7, 11) is 0. The predicted molar refractivity (Wildman–Crippen MR) is 347 cm³/mol. The maximum atomic E-state index is 13.5. The maximum Gasteiger partial charge on any atom is 0.306 e. The first-order chi connectivity index (χ1) is 40.7. The van der Waals surface area contributed by atoms with Gasteiger partial charge in [0, 0.05) is 6.42 Å². The third kappa shape index (κ3) is 47.6. The van der Waals surface area contributed by atoms with Gasteiger partial charge in [0.1, 0.15) is 24.4 Å². The summed E-state index contributed by atoms with van der Waals surface area (Å²) in [4.78, 5) is 26.6. The zero-order valence-corrected chi connectivity index (χ0v) is 54.3. The van der Waals surface area contributed by atoms with Crippen LogP contribution < -0.4 is 5.32 Å². The lowest BCUT2D eigenvalue weighted by molar-refractivity contribution is -0.305. The van der Waals surface area contributed by atoms with Gasteiger partial charge in [-0.2, -0.15) is 0 Å². The highest BCUT2D eigenvalue weighted by atomic mass is 16.7. The molecule has 8 atom stereocenters. The molecule has 1 aliphatic heterocycles. The van der Waals surface area contributed by atoms with Crippen LogP contribution in [0.3, 0.4) is 0 Å². The molecule has 488 valence electrons. The van der Waals surface area contributed by atoms with Crippen LogP contribution in [-0.4, -0.2) is 99.6 Å². The molecular weight excluding hydrogens is 1040 g/mol. The maximum absolute atomic E-state index is 13.5. The number of allylic oxidation sites excluding steroid dienone is 5. The predicted octanol–water partition coefficient (Wildman–Crippen LogP) is 18.2. The molecule has 83 heavy (non-hydrogen) atoms. The number of aliphatic hydroxyl groups is 5. The summed E-state index contributed by atoms with van der Waals surface area (Å²) < 4.78 is 17.7. The summed E-state index contributed by atoms with van der Waals surface area (Å²) in [5.74, 6) is -1.18. The van der Waals surface area contributed by atoms with Gasteiger partial charge in [0.25, 0.3) is 0 Å². The highest BCUT2D eigenvalue weighted by molar-refractivity contribution is 5.80. The third-order valence-electron chi connectivity index (χ3n) is 17.0. The molecule has 1 saturated heterocycles. The van der Waals surface area contributed by atoms with E-state index in [1.165, 1.54) is 231 Å². The van der Waals surface area contributed by atoms with E-state index in [1.54, 1.807) is 6.08 Å². The monoisotopic (exact) mass is 1170 g/mol. The first-order valence-corrected chi connectivity index (χ1v) is 35.8. The molecule has 1 rings (SSSR count). The molecule has 0 spiro atoms. The van der Waals surface area contributed by atoms with E-state index in [-0.39, 0.29) is 13.0 Å². The average Bonchev–Trinajstić information content (AvgIpc) is 3.69. The Labute approximate surface area is 511 Å². The van der Waals surface area contributed by atoms with Crippen molar-refractivity contribution in [2.45, 2.75) is 397 Å². The lowest BCUT2D eigenvalue weighted by Crippen LogP contribution is -2.61. The lowest BCUT2D eigenvalue weighted by atomic mass is 9.99. The van der Waals surface area contributed by atoms with E-state index in [4.69, 9.17) is 14.2 Å². The van der Waals surface area contributed by atoms with Crippen molar-refractivity contribution in [3.8, 4) is 0 Å². The second-order valence-corrected chi connectivity index (χ2v) is 25.0. The molecule has 0 radical (unpaired) electrons. The molecule has 1 fully saturated rings. The minimum Gasteiger partial charge on any atom is -0.454 e. The summed E-state index contributed by atoms with van der Waals surface area (Å²) in [5.41, 5.74) is 0. The fourth-order valence-electron chi connectivity index (χ4n) is 11.4. The van der Waals surface area contributed by atoms with Crippen molar-refractivity contribution in [2.24, 2.45) is 0 Å². The second-order valence-electron chi connectivity index (χ2n) is 25.0. The summed E-state index contributed by atoms with van der Waals surface area (Å²) in [5, 5.41) is 57.2. The molecule has 8 unspecified atom stereocenters. The molecule has 11 nitrogen and oxygen atoms in total.